The first-order valence-electron chi connectivity index (χ1n) is 6.98. The number of nitrogens with zero attached hydrogens (tertiary/aromatic N) is 1. The number of hydrogen-bond acceptors (Lipinski definition) is 2. The lowest BCUT2D eigenvalue weighted by Crippen LogP contribution is -2.06. The van der Waals surface area contributed by atoms with E-state index in [0.717, 1.165) is 33.3 Å². The molecule has 3 rings (SSSR count). The van der Waals surface area contributed by atoms with E-state index in [1.165, 1.54) is 6.07 Å². The van der Waals surface area contributed by atoms with Gasteiger partial charge in [-0.25, -0.2) is 4.39 Å². The molecule has 0 saturated heterocycles. The van der Waals surface area contributed by atoms with E-state index in [4.69, 9.17) is 0 Å². The summed E-state index contributed by atoms with van der Waals surface area (Å²) in [5.41, 5.74) is 5.08. The molecule has 106 valence electrons. The van der Waals surface area contributed by atoms with Gasteiger partial charge < -0.3 is 5.32 Å². The van der Waals surface area contributed by atoms with Crippen LogP contribution in [0.4, 0.5) is 4.39 Å². The quantitative estimate of drug-likeness (QED) is 0.782. The summed E-state index contributed by atoms with van der Waals surface area (Å²) >= 11 is 0. The highest BCUT2D eigenvalue weighted by atomic mass is 19.1. The van der Waals surface area contributed by atoms with Gasteiger partial charge in [-0.15, -0.1) is 0 Å². The summed E-state index contributed by atoms with van der Waals surface area (Å²) in [4.78, 5) is 4.51. The molecule has 0 saturated carbocycles. The van der Waals surface area contributed by atoms with E-state index in [1.807, 2.05) is 38.2 Å². The topological polar surface area (TPSA) is 24.9 Å². The van der Waals surface area contributed by atoms with E-state index in [0.29, 0.717) is 6.54 Å². The van der Waals surface area contributed by atoms with Gasteiger partial charge in [0.15, 0.2) is 0 Å². The Balaban J connectivity index is 2.13. The van der Waals surface area contributed by atoms with Gasteiger partial charge in [-0.1, -0.05) is 18.2 Å². The largest absolute Gasteiger partial charge is 0.316 e. The van der Waals surface area contributed by atoms with Crippen molar-refractivity contribution in [2.45, 2.75) is 13.5 Å². The van der Waals surface area contributed by atoms with Crippen LogP contribution in [0.3, 0.4) is 0 Å². The highest BCUT2D eigenvalue weighted by Crippen LogP contribution is 2.27. The molecule has 0 aliphatic heterocycles. The molecule has 1 aromatic heterocycles. The number of nitrogens with one attached hydrogen (secondary N) is 1. The summed E-state index contributed by atoms with van der Waals surface area (Å²) in [6.45, 7) is 2.62. The zero-order chi connectivity index (χ0) is 14.8. The van der Waals surface area contributed by atoms with Gasteiger partial charge in [0.05, 0.1) is 5.52 Å². The number of rotatable bonds is 3. The number of fused-ring (bicyclic) bond motifs is 1. The Hall–Kier alpha value is -2.26. The molecular weight excluding hydrogens is 263 g/mol. The van der Waals surface area contributed by atoms with E-state index in [1.54, 1.807) is 6.07 Å². The lowest BCUT2D eigenvalue weighted by molar-refractivity contribution is 0.624. The van der Waals surface area contributed by atoms with Crippen molar-refractivity contribution in [2.24, 2.45) is 0 Å². The molecule has 3 aromatic rings. The van der Waals surface area contributed by atoms with E-state index in [-0.39, 0.29) is 5.82 Å². The maximum Gasteiger partial charge on any atom is 0.123 e. The molecule has 0 aliphatic rings. The molecule has 2 nitrogen and oxygen atoms in total. The minimum Gasteiger partial charge on any atom is -0.316 e. The van der Waals surface area contributed by atoms with Crippen LogP contribution in [0.25, 0.3) is 22.0 Å². The van der Waals surface area contributed by atoms with Crippen molar-refractivity contribution < 1.29 is 4.39 Å². The molecule has 3 heteroatoms. The molecule has 0 radical (unpaired) electrons. The van der Waals surface area contributed by atoms with Crippen LogP contribution < -0.4 is 5.32 Å². The Morgan fingerprint density at radius 3 is 2.71 bits per heavy atom. The number of benzene rings is 2. The second kappa shape index (κ2) is 5.62. The van der Waals surface area contributed by atoms with Crippen molar-refractivity contribution in [3.63, 3.8) is 0 Å². The van der Waals surface area contributed by atoms with Crippen LogP contribution in [0, 0.1) is 12.7 Å². The number of hydrogen-bond donors (Lipinski definition) is 1. The van der Waals surface area contributed by atoms with Gasteiger partial charge in [0.2, 0.25) is 0 Å². The number of pyridine rings is 1. The third-order valence-electron chi connectivity index (χ3n) is 3.57. The number of halogens is 1. The van der Waals surface area contributed by atoms with Crippen LogP contribution in [0.2, 0.25) is 0 Å². The molecule has 0 spiro atoms. The van der Waals surface area contributed by atoms with Crippen LogP contribution in [0.15, 0.2) is 48.5 Å². The lowest BCUT2D eigenvalue weighted by Gasteiger charge is -2.11. The van der Waals surface area contributed by atoms with E-state index < -0.39 is 0 Å². The highest BCUT2D eigenvalue weighted by molar-refractivity contribution is 5.85. The summed E-state index contributed by atoms with van der Waals surface area (Å²) in [7, 11) is 1.86. The van der Waals surface area contributed by atoms with Gasteiger partial charge in [0.1, 0.15) is 5.82 Å². The minimum absolute atomic E-state index is 0.206. The van der Waals surface area contributed by atoms with Crippen LogP contribution in [-0.2, 0) is 6.54 Å². The average molecular weight is 280 g/mol. The zero-order valence-corrected chi connectivity index (χ0v) is 12.2. The average Bonchev–Trinajstić information content (AvgIpc) is 2.47. The third-order valence-corrected chi connectivity index (χ3v) is 3.57. The second-order valence-electron chi connectivity index (χ2n) is 5.19. The number of aromatic nitrogens is 1. The maximum absolute atomic E-state index is 13.4. The number of aryl methyl sites for hydroxylation is 1. The van der Waals surface area contributed by atoms with Crippen LogP contribution >= 0.6 is 0 Å². The summed E-state index contributed by atoms with van der Waals surface area (Å²) in [5.74, 6) is -0.206. The fourth-order valence-corrected chi connectivity index (χ4v) is 2.58. The van der Waals surface area contributed by atoms with Crippen LogP contribution in [-0.4, -0.2) is 12.0 Å². The van der Waals surface area contributed by atoms with E-state index in [9.17, 15) is 4.39 Å². The summed E-state index contributed by atoms with van der Waals surface area (Å²) < 4.78 is 13.4. The van der Waals surface area contributed by atoms with Crippen molar-refractivity contribution in [3.8, 4) is 11.1 Å². The molecule has 0 fully saturated rings. The van der Waals surface area contributed by atoms with E-state index >= 15 is 0 Å². The van der Waals surface area contributed by atoms with Crippen LogP contribution in [0.5, 0.6) is 0 Å². The monoisotopic (exact) mass is 280 g/mol. The lowest BCUT2D eigenvalue weighted by atomic mass is 9.98. The van der Waals surface area contributed by atoms with Crippen molar-refractivity contribution in [2.75, 3.05) is 7.05 Å². The first-order valence-corrected chi connectivity index (χ1v) is 6.98. The van der Waals surface area contributed by atoms with Gasteiger partial charge >= 0.3 is 0 Å². The summed E-state index contributed by atoms with van der Waals surface area (Å²) in [6.07, 6.45) is 0. The molecular formula is C18H17FN2. The molecule has 2 aromatic carbocycles. The first kappa shape index (κ1) is 13.7. The Kier molecular flexibility index (Phi) is 3.67. The highest BCUT2D eigenvalue weighted by Gasteiger charge is 2.07. The van der Waals surface area contributed by atoms with Crippen molar-refractivity contribution in [1.29, 1.82) is 0 Å². The predicted octanol–water partition coefficient (Wildman–Crippen LogP) is 4.07. The molecule has 21 heavy (non-hydrogen) atoms. The van der Waals surface area contributed by atoms with Gasteiger partial charge in [0.25, 0.3) is 0 Å². The Bertz CT molecular complexity index is 796. The predicted molar refractivity (Wildman–Crippen MR) is 84.6 cm³/mol. The summed E-state index contributed by atoms with van der Waals surface area (Å²) in [5, 5.41) is 4.18. The van der Waals surface area contributed by atoms with E-state index in [2.05, 4.69) is 22.4 Å². The normalized spacial score (nSPS) is 11.0. The summed E-state index contributed by atoms with van der Waals surface area (Å²) in [6, 6.07) is 15.2. The Labute approximate surface area is 123 Å². The molecule has 1 heterocycles. The van der Waals surface area contributed by atoms with Crippen molar-refractivity contribution in [3.05, 3.63) is 65.6 Å². The Morgan fingerprint density at radius 2 is 1.90 bits per heavy atom. The standard InChI is InChI=1S/C18H17FN2/c1-12-3-4-14-9-13(5-8-18(14)21-12)17-7-6-16(19)10-15(17)11-20-2/h3-10,20H,11H2,1-2H3. The van der Waals surface area contributed by atoms with Gasteiger partial charge in [-0.05, 0) is 61.0 Å². The zero-order valence-electron chi connectivity index (χ0n) is 12.2. The molecule has 0 bridgehead atoms. The smallest absolute Gasteiger partial charge is 0.123 e. The molecule has 1 N–H and O–H groups in total. The van der Waals surface area contributed by atoms with Crippen LogP contribution in [0.1, 0.15) is 11.3 Å². The van der Waals surface area contributed by atoms with Crippen molar-refractivity contribution >= 4 is 10.9 Å². The van der Waals surface area contributed by atoms with Gasteiger partial charge in [0, 0.05) is 17.6 Å². The molecule has 0 amide bonds. The van der Waals surface area contributed by atoms with Gasteiger partial charge in [-0.2, -0.15) is 0 Å². The van der Waals surface area contributed by atoms with Gasteiger partial charge in [-0.3, -0.25) is 4.98 Å². The third kappa shape index (κ3) is 2.78. The first-order chi connectivity index (χ1) is 10.2. The minimum atomic E-state index is -0.206. The SMILES string of the molecule is CNCc1cc(F)ccc1-c1ccc2nc(C)ccc2c1. The van der Waals surface area contributed by atoms with Crippen molar-refractivity contribution in [1.82, 2.24) is 10.3 Å². The fraction of sp³-hybridized carbons (Fsp3) is 0.167. The second-order valence-corrected chi connectivity index (χ2v) is 5.19. The molecule has 0 atom stereocenters. The molecule has 0 aliphatic carbocycles. The maximum atomic E-state index is 13.4. The molecule has 0 unspecified atom stereocenters. The Morgan fingerprint density at radius 1 is 1.05 bits per heavy atom. The fourth-order valence-electron chi connectivity index (χ4n) is 2.58.